The molecule has 0 aliphatic heterocycles. The smallest absolute Gasteiger partial charge is 0.119 e. The van der Waals surface area contributed by atoms with E-state index >= 15 is 0 Å². The molecule has 80 valence electrons. The zero-order chi connectivity index (χ0) is 10.7. The van der Waals surface area contributed by atoms with Crippen molar-refractivity contribution in [3.8, 4) is 5.75 Å². The summed E-state index contributed by atoms with van der Waals surface area (Å²) in [4.78, 5) is 0. The maximum absolute atomic E-state index is 7.08. The molecular weight excluding hydrogens is 188 g/mol. The third-order valence-electron chi connectivity index (χ3n) is 2.71. The van der Waals surface area contributed by atoms with Crippen molar-refractivity contribution >= 4 is 5.84 Å². The van der Waals surface area contributed by atoms with Crippen molar-refractivity contribution in [2.75, 3.05) is 6.61 Å². The van der Waals surface area contributed by atoms with Crippen LogP contribution in [-0.4, -0.2) is 12.4 Å². The minimum Gasteiger partial charge on any atom is -0.493 e. The predicted molar refractivity (Wildman–Crippen MR) is 60.5 cm³/mol. The maximum Gasteiger partial charge on any atom is 0.119 e. The lowest BCUT2D eigenvalue weighted by Gasteiger charge is -2.07. The van der Waals surface area contributed by atoms with E-state index in [1.807, 2.05) is 6.07 Å². The summed E-state index contributed by atoms with van der Waals surface area (Å²) in [6.07, 6.45) is 4.12. The summed E-state index contributed by atoms with van der Waals surface area (Å²) in [5.74, 6) is 1.08. The van der Waals surface area contributed by atoms with E-state index in [2.05, 4.69) is 12.1 Å². The van der Waals surface area contributed by atoms with Crippen LogP contribution in [0.15, 0.2) is 18.2 Å². The summed E-state index contributed by atoms with van der Waals surface area (Å²) in [6.45, 7) is 0.494. The minimum absolute atomic E-state index is 0.177. The van der Waals surface area contributed by atoms with E-state index in [0.717, 1.165) is 5.75 Å². The molecule has 0 atom stereocenters. The molecule has 0 unspecified atom stereocenters. The molecule has 1 aliphatic rings. The highest BCUT2D eigenvalue weighted by molar-refractivity contribution is 5.76. The lowest BCUT2D eigenvalue weighted by molar-refractivity contribution is 0.328. The van der Waals surface area contributed by atoms with Gasteiger partial charge in [-0.1, -0.05) is 6.07 Å². The SMILES string of the molecule is N=C(N)CCOc1ccc2c(c1)CCC2. The number of hydrogen-bond acceptors (Lipinski definition) is 2. The molecule has 1 aromatic carbocycles. The number of nitrogens with two attached hydrogens (primary N) is 1. The number of rotatable bonds is 4. The van der Waals surface area contributed by atoms with Crippen LogP contribution in [-0.2, 0) is 12.8 Å². The van der Waals surface area contributed by atoms with Crippen molar-refractivity contribution in [1.82, 2.24) is 0 Å². The quantitative estimate of drug-likeness (QED) is 0.581. The van der Waals surface area contributed by atoms with E-state index in [1.165, 1.54) is 30.4 Å². The number of ether oxygens (including phenoxy) is 1. The van der Waals surface area contributed by atoms with Gasteiger partial charge in [-0.3, -0.25) is 5.41 Å². The van der Waals surface area contributed by atoms with E-state index in [1.54, 1.807) is 0 Å². The number of hydrogen-bond donors (Lipinski definition) is 2. The average molecular weight is 204 g/mol. The van der Waals surface area contributed by atoms with Gasteiger partial charge in [0.15, 0.2) is 0 Å². The third kappa shape index (κ3) is 2.49. The van der Waals surface area contributed by atoms with Gasteiger partial charge in [-0.05, 0) is 42.5 Å². The molecule has 0 spiro atoms. The van der Waals surface area contributed by atoms with Gasteiger partial charge in [-0.2, -0.15) is 0 Å². The second-order valence-electron chi connectivity index (χ2n) is 3.91. The molecule has 3 heteroatoms. The van der Waals surface area contributed by atoms with Gasteiger partial charge in [-0.15, -0.1) is 0 Å². The molecule has 2 rings (SSSR count). The average Bonchev–Trinajstić information content (AvgIpc) is 2.64. The Kier molecular flexibility index (Phi) is 2.90. The van der Waals surface area contributed by atoms with Gasteiger partial charge in [0.05, 0.1) is 12.4 Å². The highest BCUT2D eigenvalue weighted by atomic mass is 16.5. The Morgan fingerprint density at radius 3 is 2.93 bits per heavy atom. The van der Waals surface area contributed by atoms with Crippen LogP contribution in [0.25, 0.3) is 0 Å². The first kappa shape index (κ1) is 10.0. The summed E-state index contributed by atoms with van der Waals surface area (Å²) in [5, 5.41) is 7.08. The molecule has 3 nitrogen and oxygen atoms in total. The van der Waals surface area contributed by atoms with Gasteiger partial charge in [0.2, 0.25) is 0 Å². The van der Waals surface area contributed by atoms with Crippen LogP contribution in [0.2, 0.25) is 0 Å². The molecular formula is C12H16N2O. The first-order valence-corrected chi connectivity index (χ1v) is 5.33. The Balaban J connectivity index is 1.95. The zero-order valence-corrected chi connectivity index (χ0v) is 8.75. The van der Waals surface area contributed by atoms with E-state index < -0.39 is 0 Å². The van der Waals surface area contributed by atoms with Crippen molar-refractivity contribution in [3.05, 3.63) is 29.3 Å². The van der Waals surface area contributed by atoms with Gasteiger partial charge in [0.25, 0.3) is 0 Å². The summed E-state index contributed by atoms with van der Waals surface area (Å²) >= 11 is 0. The number of amidine groups is 1. The lowest BCUT2D eigenvalue weighted by atomic mass is 10.1. The minimum atomic E-state index is 0.177. The van der Waals surface area contributed by atoms with Crippen molar-refractivity contribution in [2.24, 2.45) is 5.73 Å². The summed E-state index contributed by atoms with van der Waals surface area (Å²) < 4.78 is 5.52. The van der Waals surface area contributed by atoms with Crippen molar-refractivity contribution in [2.45, 2.75) is 25.7 Å². The summed E-state index contributed by atoms with van der Waals surface area (Å²) in [7, 11) is 0. The second-order valence-corrected chi connectivity index (χ2v) is 3.91. The van der Waals surface area contributed by atoms with Gasteiger partial charge in [-0.25, -0.2) is 0 Å². The van der Waals surface area contributed by atoms with Crippen LogP contribution in [0.3, 0.4) is 0 Å². The molecule has 15 heavy (non-hydrogen) atoms. The van der Waals surface area contributed by atoms with E-state index in [0.29, 0.717) is 13.0 Å². The number of nitrogens with one attached hydrogen (secondary N) is 1. The van der Waals surface area contributed by atoms with E-state index in [9.17, 15) is 0 Å². The molecule has 0 amide bonds. The Labute approximate surface area is 89.8 Å². The molecule has 3 N–H and O–H groups in total. The van der Waals surface area contributed by atoms with Gasteiger partial charge < -0.3 is 10.5 Å². The highest BCUT2D eigenvalue weighted by Crippen LogP contribution is 2.25. The van der Waals surface area contributed by atoms with Gasteiger partial charge in [0.1, 0.15) is 5.75 Å². The predicted octanol–water partition coefficient (Wildman–Crippen LogP) is 1.88. The standard InChI is InChI=1S/C12H16N2O/c13-12(14)6-7-15-11-5-4-9-2-1-3-10(9)8-11/h4-5,8H,1-3,6-7H2,(H3,13,14). The molecule has 1 aliphatic carbocycles. The van der Waals surface area contributed by atoms with Crippen molar-refractivity contribution < 1.29 is 4.74 Å². The Morgan fingerprint density at radius 2 is 2.13 bits per heavy atom. The van der Waals surface area contributed by atoms with Crippen LogP contribution in [0.5, 0.6) is 5.75 Å². The fourth-order valence-corrected chi connectivity index (χ4v) is 1.92. The fourth-order valence-electron chi connectivity index (χ4n) is 1.92. The first-order chi connectivity index (χ1) is 7.25. The first-order valence-electron chi connectivity index (χ1n) is 5.33. The molecule has 0 saturated carbocycles. The zero-order valence-electron chi connectivity index (χ0n) is 8.75. The van der Waals surface area contributed by atoms with E-state index in [4.69, 9.17) is 15.9 Å². The summed E-state index contributed by atoms with van der Waals surface area (Å²) in [5.41, 5.74) is 8.12. The third-order valence-corrected chi connectivity index (χ3v) is 2.71. The van der Waals surface area contributed by atoms with Crippen LogP contribution < -0.4 is 10.5 Å². The summed E-state index contributed by atoms with van der Waals surface area (Å²) in [6, 6.07) is 6.26. The highest BCUT2D eigenvalue weighted by Gasteiger charge is 2.10. The monoisotopic (exact) mass is 204 g/mol. The van der Waals surface area contributed by atoms with Gasteiger partial charge >= 0.3 is 0 Å². The Hall–Kier alpha value is -1.51. The van der Waals surface area contributed by atoms with Crippen LogP contribution in [0.4, 0.5) is 0 Å². The number of fused-ring (bicyclic) bond motifs is 1. The van der Waals surface area contributed by atoms with Crippen LogP contribution in [0, 0.1) is 5.41 Å². The van der Waals surface area contributed by atoms with Crippen LogP contribution >= 0.6 is 0 Å². The maximum atomic E-state index is 7.08. The molecule has 1 aromatic rings. The fraction of sp³-hybridized carbons (Fsp3) is 0.417. The van der Waals surface area contributed by atoms with Crippen molar-refractivity contribution in [3.63, 3.8) is 0 Å². The van der Waals surface area contributed by atoms with Gasteiger partial charge in [0, 0.05) is 6.42 Å². The Bertz CT molecular complexity index is 374. The van der Waals surface area contributed by atoms with Crippen LogP contribution in [0.1, 0.15) is 24.0 Å². The number of benzene rings is 1. The molecule has 0 fully saturated rings. The Morgan fingerprint density at radius 1 is 1.33 bits per heavy atom. The largest absolute Gasteiger partial charge is 0.493 e. The van der Waals surface area contributed by atoms with Crippen molar-refractivity contribution in [1.29, 1.82) is 5.41 Å². The lowest BCUT2D eigenvalue weighted by Crippen LogP contribution is -2.13. The molecule has 0 heterocycles. The molecule has 0 bridgehead atoms. The second kappa shape index (κ2) is 4.34. The molecule has 0 saturated heterocycles. The normalized spacial score (nSPS) is 13.6. The molecule has 0 aromatic heterocycles. The number of aryl methyl sites for hydroxylation is 2. The molecule has 0 radical (unpaired) electrons. The topological polar surface area (TPSA) is 59.1 Å². The van der Waals surface area contributed by atoms with E-state index in [-0.39, 0.29) is 5.84 Å².